The number of piperidine rings is 1. The third kappa shape index (κ3) is 3.25. The number of hydrogen-bond acceptors (Lipinski definition) is 1. The maximum Gasteiger partial charge on any atom is 0.317 e. The van der Waals surface area contributed by atoms with E-state index in [1.165, 1.54) is 5.56 Å². The largest absolute Gasteiger partial charge is 0.336 e. The first kappa shape index (κ1) is 12.9. The molecule has 2 rings (SSSR count). The highest BCUT2D eigenvalue weighted by Crippen LogP contribution is 2.27. The third-order valence-electron chi connectivity index (χ3n) is 3.47. The second-order valence-electron chi connectivity index (χ2n) is 5.28. The van der Waals surface area contributed by atoms with Crippen molar-refractivity contribution in [2.24, 2.45) is 0 Å². The molecule has 0 spiro atoms. The topological polar surface area (TPSA) is 32.3 Å². The van der Waals surface area contributed by atoms with Crippen LogP contribution in [-0.4, -0.2) is 30.1 Å². The number of likely N-dealkylation sites (tertiary alicyclic amines) is 1. The van der Waals surface area contributed by atoms with Crippen molar-refractivity contribution in [2.45, 2.75) is 38.6 Å². The first-order valence-electron chi connectivity index (χ1n) is 6.77. The van der Waals surface area contributed by atoms with Gasteiger partial charge in [0.1, 0.15) is 0 Å². The van der Waals surface area contributed by atoms with E-state index >= 15 is 0 Å². The number of carbonyl (C=O) groups is 1. The summed E-state index contributed by atoms with van der Waals surface area (Å²) in [6.07, 6.45) is 2.13. The molecule has 2 amide bonds. The zero-order chi connectivity index (χ0) is 13.0. The molecule has 1 aromatic carbocycles. The lowest BCUT2D eigenvalue weighted by Gasteiger charge is -2.32. The predicted molar refractivity (Wildman–Crippen MR) is 73.7 cm³/mol. The molecule has 98 valence electrons. The second kappa shape index (κ2) is 5.89. The van der Waals surface area contributed by atoms with Gasteiger partial charge >= 0.3 is 6.03 Å². The van der Waals surface area contributed by atoms with Gasteiger partial charge in [-0.1, -0.05) is 30.3 Å². The van der Waals surface area contributed by atoms with E-state index in [-0.39, 0.29) is 12.1 Å². The number of amides is 2. The van der Waals surface area contributed by atoms with Gasteiger partial charge in [0, 0.05) is 19.1 Å². The van der Waals surface area contributed by atoms with Crippen LogP contribution in [0.3, 0.4) is 0 Å². The minimum Gasteiger partial charge on any atom is -0.336 e. The van der Waals surface area contributed by atoms with E-state index in [0.29, 0.717) is 5.92 Å². The minimum absolute atomic E-state index is 0.0801. The van der Waals surface area contributed by atoms with E-state index < -0.39 is 0 Å². The molecule has 3 heteroatoms. The van der Waals surface area contributed by atoms with Gasteiger partial charge in [0.2, 0.25) is 0 Å². The summed E-state index contributed by atoms with van der Waals surface area (Å²) in [5.74, 6) is 0.606. The molecule has 0 aromatic heterocycles. The minimum atomic E-state index is 0.0801. The number of nitrogens with zero attached hydrogens (tertiary/aromatic N) is 1. The lowest BCUT2D eigenvalue weighted by Crippen LogP contribution is -2.46. The molecule has 1 heterocycles. The lowest BCUT2D eigenvalue weighted by atomic mass is 9.90. The number of hydrogen-bond donors (Lipinski definition) is 1. The maximum absolute atomic E-state index is 11.9. The van der Waals surface area contributed by atoms with Gasteiger partial charge in [-0.25, -0.2) is 4.79 Å². The smallest absolute Gasteiger partial charge is 0.317 e. The van der Waals surface area contributed by atoms with Crippen LogP contribution in [0.4, 0.5) is 4.79 Å². The molecule has 1 aliphatic heterocycles. The third-order valence-corrected chi connectivity index (χ3v) is 3.47. The number of urea groups is 1. The lowest BCUT2D eigenvalue weighted by molar-refractivity contribution is 0.179. The molecule has 0 atom stereocenters. The molecular formula is C15H22N2O. The van der Waals surface area contributed by atoms with E-state index in [0.717, 1.165) is 25.9 Å². The molecule has 0 saturated carbocycles. The molecule has 1 saturated heterocycles. The fourth-order valence-electron chi connectivity index (χ4n) is 2.48. The van der Waals surface area contributed by atoms with Crippen molar-refractivity contribution in [3.05, 3.63) is 35.9 Å². The summed E-state index contributed by atoms with van der Waals surface area (Å²) in [7, 11) is 0. The predicted octanol–water partition coefficient (Wildman–Crippen LogP) is 2.98. The average molecular weight is 246 g/mol. The van der Waals surface area contributed by atoms with Gasteiger partial charge in [-0.2, -0.15) is 0 Å². The molecule has 0 unspecified atom stereocenters. The van der Waals surface area contributed by atoms with Gasteiger partial charge in [-0.05, 0) is 38.2 Å². The van der Waals surface area contributed by atoms with Crippen LogP contribution in [0.5, 0.6) is 0 Å². The zero-order valence-corrected chi connectivity index (χ0v) is 11.2. The van der Waals surface area contributed by atoms with Crippen molar-refractivity contribution < 1.29 is 4.79 Å². The Morgan fingerprint density at radius 1 is 1.22 bits per heavy atom. The van der Waals surface area contributed by atoms with Crippen LogP contribution in [-0.2, 0) is 0 Å². The van der Waals surface area contributed by atoms with E-state index in [1.54, 1.807) is 0 Å². The quantitative estimate of drug-likeness (QED) is 0.855. The Morgan fingerprint density at radius 2 is 1.83 bits per heavy atom. The maximum atomic E-state index is 11.9. The number of rotatable bonds is 2. The van der Waals surface area contributed by atoms with Crippen LogP contribution in [0.15, 0.2) is 30.3 Å². The van der Waals surface area contributed by atoms with Gasteiger partial charge in [0.25, 0.3) is 0 Å². The van der Waals surface area contributed by atoms with Crippen LogP contribution < -0.4 is 5.32 Å². The van der Waals surface area contributed by atoms with Gasteiger partial charge < -0.3 is 10.2 Å². The fourth-order valence-corrected chi connectivity index (χ4v) is 2.48. The van der Waals surface area contributed by atoms with Crippen LogP contribution >= 0.6 is 0 Å². The summed E-state index contributed by atoms with van der Waals surface area (Å²) in [4.78, 5) is 13.8. The molecule has 1 aromatic rings. The van der Waals surface area contributed by atoms with Crippen molar-refractivity contribution >= 4 is 6.03 Å². The van der Waals surface area contributed by atoms with E-state index in [2.05, 4.69) is 35.6 Å². The first-order chi connectivity index (χ1) is 8.66. The molecular weight excluding hydrogens is 224 g/mol. The summed E-state index contributed by atoms with van der Waals surface area (Å²) in [5, 5.41) is 2.95. The standard InChI is InChI=1S/C15H22N2O/c1-12(2)16-15(18)17-10-8-14(9-11-17)13-6-4-3-5-7-13/h3-7,12,14H,8-11H2,1-2H3,(H,16,18). The van der Waals surface area contributed by atoms with Gasteiger partial charge in [-0.3, -0.25) is 0 Å². The Morgan fingerprint density at radius 3 is 2.39 bits per heavy atom. The van der Waals surface area contributed by atoms with Crippen molar-refractivity contribution in [1.82, 2.24) is 10.2 Å². The first-order valence-corrected chi connectivity index (χ1v) is 6.77. The molecule has 3 nitrogen and oxygen atoms in total. The van der Waals surface area contributed by atoms with Crippen LogP contribution in [0, 0.1) is 0 Å². The molecule has 0 bridgehead atoms. The molecule has 1 N–H and O–H groups in total. The summed E-state index contributed by atoms with van der Waals surface area (Å²) in [5.41, 5.74) is 1.40. The highest BCUT2D eigenvalue weighted by atomic mass is 16.2. The van der Waals surface area contributed by atoms with Crippen LogP contribution in [0.1, 0.15) is 38.2 Å². The Labute approximate surface area is 109 Å². The van der Waals surface area contributed by atoms with Crippen molar-refractivity contribution in [1.29, 1.82) is 0 Å². The molecule has 0 radical (unpaired) electrons. The van der Waals surface area contributed by atoms with E-state index in [4.69, 9.17) is 0 Å². The van der Waals surface area contributed by atoms with Gasteiger partial charge in [0.15, 0.2) is 0 Å². The van der Waals surface area contributed by atoms with Gasteiger partial charge in [-0.15, -0.1) is 0 Å². The molecule has 1 aliphatic rings. The fraction of sp³-hybridized carbons (Fsp3) is 0.533. The number of carbonyl (C=O) groups excluding carboxylic acids is 1. The Balaban J connectivity index is 1.87. The SMILES string of the molecule is CC(C)NC(=O)N1CCC(c2ccccc2)CC1. The monoisotopic (exact) mass is 246 g/mol. The summed E-state index contributed by atoms with van der Waals surface area (Å²) in [6, 6.07) is 10.9. The Bertz CT molecular complexity index is 381. The molecule has 18 heavy (non-hydrogen) atoms. The van der Waals surface area contributed by atoms with Crippen molar-refractivity contribution in [2.75, 3.05) is 13.1 Å². The van der Waals surface area contributed by atoms with Crippen LogP contribution in [0.2, 0.25) is 0 Å². The van der Waals surface area contributed by atoms with Crippen molar-refractivity contribution in [3.8, 4) is 0 Å². The summed E-state index contributed by atoms with van der Waals surface area (Å²) < 4.78 is 0. The Kier molecular flexibility index (Phi) is 4.24. The zero-order valence-electron chi connectivity index (χ0n) is 11.2. The Hall–Kier alpha value is -1.51. The summed E-state index contributed by atoms with van der Waals surface area (Å²) >= 11 is 0. The average Bonchev–Trinajstić information content (AvgIpc) is 2.39. The highest BCUT2D eigenvalue weighted by molar-refractivity contribution is 5.74. The molecule has 0 aliphatic carbocycles. The van der Waals surface area contributed by atoms with E-state index in [9.17, 15) is 4.79 Å². The normalized spacial score (nSPS) is 16.9. The highest BCUT2D eigenvalue weighted by Gasteiger charge is 2.23. The number of benzene rings is 1. The van der Waals surface area contributed by atoms with E-state index in [1.807, 2.05) is 18.7 Å². The summed E-state index contributed by atoms with van der Waals surface area (Å²) in [6.45, 7) is 5.71. The van der Waals surface area contributed by atoms with Crippen molar-refractivity contribution in [3.63, 3.8) is 0 Å². The van der Waals surface area contributed by atoms with Crippen LogP contribution in [0.25, 0.3) is 0 Å². The van der Waals surface area contributed by atoms with Gasteiger partial charge in [0.05, 0.1) is 0 Å². The molecule has 1 fully saturated rings. The second-order valence-corrected chi connectivity index (χ2v) is 5.28. The number of nitrogens with one attached hydrogen (secondary N) is 1.